The summed E-state index contributed by atoms with van der Waals surface area (Å²) in [6.45, 7) is 0.504. The second-order valence-electron chi connectivity index (χ2n) is 3.80. The molecule has 3 N–H and O–H groups in total. The molecule has 2 aromatic carbocycles. The van der Waals surface area contributed by atoms with Crippen LogP contribution in [0.15, 0.2) is 36.4 Å². The van der Waals surface area contributed by atoms with Crippen LogP contribution in [-0.4, -0.2) is 0 Å². The Kier molecular flexibility index (Phi) is 4.29. The van der Waals surface area contributed by atoms with Crippen LogP contribution in [0, 0.1) is 9.39 Å². The van der Waals surface area contributed by atoms with Crippen LogP contribution < -0.4 is 11.1 Å². The zero-order valence-corrected chi connectivity index (χ0v) is 12.3. The molecule has 0 radical (unpaired) electrons. The number of hydrogen-bond donors (Lipinski definition) is 2. The van der Waals surface area contributed by atoms with Gasteiger partial charge in [-0.3, -0.25) is 0 Å². The fraction of sp³-hybridized carbons (Fsp3) is 0.0769. The third kappa shape index (κ3) is 3.05. The van der Waals surface area contributed by atoms with E-state index in [0.29, 0.717) is 26.5 Å². The van der Waals surface area contributed by atoms with E-state index in [4.69, 9.17) is 17.3 Å². The Balaban J connectivity index is 2.16. The van der Waals surface area contributed by atoms with Crippen molar-refractivity contribution < 1.29 is 4.39 Å². The van der Waals surface area contributed by atoms with E-state index in [2.05, 4.69) is 5.32 Å². The molecule has 2 rings (SSSR count). The lowest BCUT2D eigenvalue weighted by Gasteiger charge is -2.11. The molecule has 0 aliphatic rings. The Morgan fingerprint density at radius 3 is 2.72 bits per heavy atom. The first-order valence-electron chi connectivity index (χ1n) is 5.29. The molecule has 18 heavy (non-hydrogen) atoms. The van der Waals surface area contributed by atoms with Crippen molar-refractivity contribution >= 4 is 45.6 Å². The first-order chi connectivity index (χ1) is 8.58. The van der Waals surface area contributed by atoms with Crippen molar-refractivity contribution in [3.63, 3.8) is 0 Å². The summed E-state index contributed by atoms with van der Waals surface area (Å²) in [5, 5.41) is 3.76. The van der Waals surface area contributed by atoms with Crippen molar-refractivity contribution in [3.8, 4) is 0 Å². The Hall–Kier alpha value is -1.01. The number of nitrogens with one attached hydrogen (secondary N) is 1. The van der Waals surface area contributed by atoms with Crippen LogP contribution in [-0.2, 0) is 6.54 Å². The van der Waals surface area contributed by atoms with Gasteiger partial charge in [-0.15, -0.1) is 0 Å². The van der Waals surface area contributed by atoms with Crippen molar-refractivity contribution in [2.45, 2.75) is 6.54 Å². The highest BCUT2D eigenvalue weighted by Gasteiger charge is 2.06. The van der Waals surface area contributed by atoms with Gasteiger partial charge < -0.3 is 11.1 Å². The number of nitrogens with two attached hydrogens (primary N) is 1. The molecule has 0 heterocycles. The van der Waals surface area contributed by atoms with Gasteiger partial charge in [0.25, 0.3) is 0 Å². The molecule has 0 unspecified atom stereocenters. The maximum atomic E-state index is 13.4. The smallest absolute Gasteiger partial charge is 0.138 e. The average molecular weight is 377 g/mol. The van der Waals surface area contributed by atoms with Crippen LogP contribution in [0.25, 0.3) is 0 Å². The van der Waals surface area contributed by atoms with Gasteiger partial charge in [0.05, 0.1) is 14.9 Å². The third-order valence-electron chi connectivity index (χ3n) is 2.52. The maximum absolute atomic E-state index is 13.4. The van der Waals surface area contributed by atoms with Gasteiger partial charge in [-0.1, -0.05) is 29.8 Å². The first-order valence-corrected chi connectivity index (χ1v) is 6.75. The first kappa shape index (κ1) is 13.4. The minimum atomic E-state index is -0.286. The van der Waals surface area contributed by atoms with Crippen molar-refractivity contribution in [3.05, 3.63) is 56.4 Å². The van der Waals surface area contributed by atoms with E-state index in [0.717, 1.165) is 5.56 Å². The predicted molar refractivity (Wildman–Crippen MR) is 82.3 cm³/mol. The van der Waals surface area contributed by atoms with Gasteiger partial charge in [0.1, 0.15) is 5.82 Å². The molecular weight excluding hydrogens is 366 g/mol. The number of anilines is 2. The number of halogens is 3. The molecule has 0 aliphatic heterocycles. The predicted octanol–water partition coefficient (Wildman–Crippen LogP) is 4.28. The van der Waals surface area contributed by atoms with Crippen molar-refractivity contribution in [1.82, 2.24) is 0 Å². The Morgan fingerprint density at radius 2 is 2.00 bits per heavy atom. The highest BCUT2D eigenvalue weighted by molar-refractivity contribution is 14.1. The standard InChI is InChI=1S/C13H11ClFIN2/c14-9-4-2-1-3-8(9)7-18-13-5-10(15)11(16)6-12(13)17/h1-6,18H,7,17H2. The molecule has 0 saturated carbocycles. The second-order valence-corrected chi connectivity index (χ2v) is 5.37. The molecule has 0 spiro atoms. The van der Waals surface area contributed by atoms with Gasteiger partial charge in [-0.05, 0) is 40.3 Å². The maximum Gasteiger partial charge on any atom is 0.138 e. The highest BCUT2D eigenvalue weighted by Crippen LogP contribution is 2.25. The molecule has 0 aromatic heterocycles. The fourth-order valence-electron chi connectivity index (χ4n) is 1.55. The number of hydrogen-bond acceptors (Lipinski definition) is 2. The lowest BCUT2D eigenvalue weighted by Crippen LogP contribution is -2.04. The Bertz CT molecular complexity index is 575. The summed E-state index contributed by atoms with van der Waals surface area (Å²) in [6, 6.07) is 10.5. The van der Waals surface area contributed by atoms with Gasteiger partial charge in [0.2, 0.25) is 0 Å². The second kappa shape index (κ2) is 5.75. The molecule has 0 saturated heterocycles. The Morgan fingerprint density at radius 1 is 1.28 bits per heavy atom. The van der Waals surface area contributed by atoms with Crippen molar-refractivity contribution in [2.75, 3.05) is 11.1 Å². The number of nitrogen functional groups attached to an aromatic ring is 1. The third-order valence-corrected chi connectivity index (χ3v) is 3.71. The van der Waals surface area contributed by atoms with Crippen molar-refractivity contribution in [1.29, 1.82) is 0 Å². The molecule has 0 bridgehead atoms. The molecule has 0 atom stereocenters. The average Bonchev–Trinajstić information content (AvgIpc) is 2.34. The summed E-state index contributed by atoms with van der Waals surface area (Å²) in [6.07, 6.45) is 0. The van der Waals surface area contributed by atoms with E-state index >= 15 is 0 Å². The molecule has 94 valence electrons. The molecule has 2 aromatic rings. The minimum absolute atomic E-state index is 0.286. The summed E-state index contributed by atoms with van der Waals surface area (Å²) in [7, 11) is 0. The van der Waals surface area contributed by atoms with Crippen LogP contribution in [0.3, 0.4) is 0 Å². The monoisotopic (exact) mass is 376 g/mol. The van der Waals surface area contributed by atoms with E-state index < -0.39 is 0 Å². The minimum Gasteiger partial charge on any atom is -0.397 e. The normalized spacial score (nSPS) is 10.4. The van der Waals surface area contributed by atoms with Crippen molar-refractivity contribution in [2.24, 2.45) is 0 Å². The summed E-state index contributed by atoms with van der Waals surface area (Å²) in [4.78, 5) is 0. The van der Waals surface area contributed by atoms with Crippen LogP contribution in [0.1, 0.15) is 5.56 Å². The van der Waals surface area contributed by atoms with Gasteiger partial charge >= 0.3 is 0 Å². The summed E-state index contributed by atoms with van der Waals surface area (Å²) >= 11 is 7.95. The lowest BCUT2D eigenvalue weighted by molar-refractivity contribution is 0.621. The topological polar surface area (TPSA) is 38.0 Å². The highest BCUT2D eigenvalue weighted by atomic mass is 127. The molecule has 0 fully saturated rings. The zero-order valence-electron chi connectivity index (χ0n) is 9.38. The molecule has 5 heteroatoms. The molecule has 2 nitrogen and oxygen atoms in total. The van der Waals surface area contributed by atoms with E-state index in [1.165, 1.54) is 6.07 Å². The Labute approximate surface area is 123 Å². The molecule has 0 aliphatic carbocycles. The summed E-state index contributed by atoms with van der Waals surface area (Å²) < 4.78 is 13.9. The van der Waals surface area contributed by atoms with Gasteiger partial charge in [0, 0.05) is 17.6 Å². The number of rotatable bonds is 3. The largest absolute Gasteiger partial charge is 0.397 e. The summed E-state index contributed by atoms with van der Waals surface area (Å²) in [5.74, 6) is -0.286. The van der Waals surface area contributed by atoms with E-state index in [9.17, 15) is 4.39 Å². The van der Waals surface area contributed by atoms with Crippen LogP contribution in [0.2, 0.25) is 5.02 Å². The van der Waals surface area contributed by atoms with E-state index in [-0.39, 0.29) is 5.82 Å². The van der Waals surface area contributed by atoms with E-state index in [1.54, 1.807) is 6.07 Å². The van der Waals surface area contributed by atoms with Gasteiger partial charge in [0.15, 0.2) is 0 Å². The van der Waals surface area contributed by atoms with Crippen LogP contribution in [0.4, 0.5) is 15.8 Å². The SMILES string of the molecule is Nc1cc(I)c(F)cc1NCc1ccccc1Cl. The quantitative estimate of drug-likeness (QED) is 0.620. The lowest BCUT2D eigenvalue weighted by atomic mass is 10.2. The zero-order chi connectivity index (χ0) is 13.1. The molecular formula is C13H11ClFIN2. The summed E-state index contributed by atoms with van der Waals surface area (Å²) in [5.41, 5.74) is 7.87. The van der Waals surface area contributed by atoms with E-state index in [1.807, 2.05) is 46.9 Å². The van der Waals surface area contributed by atoms with Crippen LogP contribution in [0.5, 0.6) is 0 Å². The van der Waals surface area contributed by atoms with Gasteiger partial charge in [-0.2, -0.15) is 0 Å². The fourth-order valence-corrected chi connectivity index (χ4v) is 2.24. The number of benzene rings is 2. The molecule has 0 amide bonds. The van der Waals surface area contributed by atoms with Crippen LogP contribution >= 0.6 is 34.2 Å². The van der Waals surface area contributed by atoms with Gasteiger partial charge in [-0.25, -0.2) is 4.39 Å².